The van der Waals surface area contributed by atoms with Gasteiger partial charge in [0.1, 0.15) is 18.1 Å². The molecule has 0 aliphatic rings. The highest BCUT2D eigenvalue weighted by Gasteiger charge is 2.09. The third-order valence-electron chi connectivity index (χ3n) is 3.75. The van der Waals surface area contributed by atoms with Crippen molar-refractivity contribution < 1.29 is 19.4 Å². The number of nitrogens with two attached hydrogens (primary N) is 1. The van der Waals surface area contributed by atoms with E-state index in [1.165, 1.54) is 0 Å². The molecule has 2 heterocycles. The standard InChI is InChI=1S/C19H19N3O4/c20-19(24)17-6-3-14-11-21-12-16(18(14)22-17)13-1-4-15(5-2-13)26-10-9-25-8-7-23/h1-6,11-12,23H,7-10H2,(H2,20,24). The number of benzene rings is 1. The van der Waals surface area contributed by atoms with Crippen LogP contribution in [0.2, 0.25) is 0 Å². The summed E-state index contributed by atoms with van der Waals surface area (Å²) in [6, 6.07) is 10.9. The van der Waals surface area contributed by atoms with Crippen molar-refractivity contribution in [3.63, 3.8) is 0 Å². The Labute approximate surface area is 150 Å². The summed E-state index contributed by atoms with van der Waals surface area (Å²) < 4.78 is 10.7. The van der Waals surface area contributed by atoms with Crippen LogP contribution in [0.25, 0.3) is 22.0 Å². The van der Waals surface area contributed by atoms with E-state index in [2.05, 4.69) is 9.97 Å². The summed E-state index contributed by atoms with van der Waals surface area (Å²) >= 11 is 0. The highest BCUT2D eigenvalue weighted by atomic mass is 16.5. The van der Waals surface area contributed by atoms with Gasteiger partial charge in [0.2, 0.25) is 0 Å². The van der Waals surface area contributed by atoms with Gasteiger partial charge in [0.15, 0.2) is 0 Å². The topological polar surface area (TPSA) is 108 Å². The summed E-state index contributed by atoms with van der Waals surface area (Å²) in [5.74, 6) is 0.141. The lowest BCUT2D eigenvalue weighted by atomic mass is 10.0. The third kappa shape index (κ3) is 4.14. The first-order valence-corrected chi connectivity index (χ1v) is 8.15. The van der Waals surface area contributed by atoms with Gasteiger partial charge in [0.05, 0.1) is 25.3 Å². The lowest BCUT2D eigenvalue weighted by molar-refractivity contribution is 0.0705. The number of carbonyl (C=O) groups is 1. The quantitative estimate of drug-likeness (QED) is 0.598. The van der Waals surface area contributed by atoms with Crippen LogP contribution in [-0.4, -0.2) is 47.4 Å². The largest absolute Gasteiger partial charge is 0.491 e. The van der Waals surface area contributed by atoms with Gasteiger partial charge in [-0.2, -0.15) is 0 Å². The van der Waals surface area contributed by atoms with Gasteiger partial charge in [0.25, 0.3) is 5.91 Å². The average Bonchev–Trinajstić information content (AvgIpc) is 2.67. The Bertz CT molecular complexity index is 897. The minimum atomic E-state index is -0.568. The monoisotopic (exact) mass is 353 g/mol. The molecule has 0 bridgehead atoms. The third-order valence-corrected chi connectivity index (χ3v) is 3.75. The molecule has 3 rings (SSSR count). The van der Waals surface area contributed by atoms with Gasteiger partial charge in [-0.3, -0.25) is 9.78 Å². The molecule has 7 nitrogen and oxygen atoms in total. The van der Waals surface area contributed by atoms with E-state index < -0.39 is 5.91 Å². The Morgan fingerprint density at radius 2 is 1.85 bits per heavy atom. The molecule has 0 atom stereocenters. The first-order valence-electron chi connectivity index (χ1n) is 8.15. The Kier molecular flexibility index (Phi) is 5.73. The van der Waals surface area contributed by atoms with Crippen LogP contribution in [0.15, 0.2) is 48.8 Å². The van der Waals surface area contributed by atoms with Gasteiger partial charge in [0, 0.05) is 23.3 Å². The summed E-state index contributed by atoms with van der Waals surface area (Å²) in [7, 11) is 0. The number of hydrogen-bond acceptors (Lipinski definition) is 6. The van der Waals surface area contributed by atoms with Gasteiger partial charge in [-0.1, -0.05) is 12.1 Å². The number of aliphatic hydroxyl groups is 1. The summed E-state index contributed by atoms with van der Waals surface area (Å²) in [6.45, 7) is 1.12. The van der Waals surface area contributed by atoms with Gasteiger partial charge in [-0.05, 0) is 29.8 Å². The van der Waals surface area contributed by atoms with Crippen molar-refractivity contribution in [3.8, 4) is 16.9 Å². The number of fused-ring (bicyclic) bond motifs is 1. The maximum Gasteiger partial charge on any atom is 0.267 e. The Balaban J connectivity index is 1.80. The van der Waals surface area contributed by atoms with Crippen LogP contribution in [0.1, 0.15) is 10.5 Å². The van der Waals surface area contributed by atoms with Crippen molar-refractivity contribution in [2.75, 3.05) is 26.4 Å². The molecule has 3 aromatic rings. The molecule has 0 aliphatic heterocycles. The van der Waals surface area contributed by atoms with Gasteiger partial charge in [-0.15, -0.1) is 0 Å². The zero-order chi connectivity index (χ0) is 18.4. The van der Waals surface area contributed by atoms with E-state index in [1.807, 2.05) is 24.3 Å². The number of aliphatic hydroxyl groups excluding tert-OH is 1. The normalized spacial score (nSPS) is 10.8. The molecule has 134 valence electrons. The molecule has 1 aromatic carbocycles. The minimum Gasteiger partial charge on any atom is -0.491 e. The number of aromatic nitrogens is 2. The molecule has 7 heteroatoms. The second-order valence-electron chi connectivity index (χ2n) is 5.53. The van der Waals surface area contributed by atoms with Gasteiger partial charge >= 0.3 is 0 Å². The maximum atomic E-state index is 11.4. The van der Waals surface area contributed by atoms with Gasteiger partial charge in [-0.25, -0.2) is 4.98 Å². The van der Waals surface area contributed by atoms with E-state index in [4.69, 9.17) is 20.3 Å². The van der Waals surface area contributed by atoms with Crippen molar-refractivity contribution in [1.82, 2.24) is 9.97 Å². The van der Waals surface area contributed by atoms with Crippen LogP contribution in [0.3, 0.4) is 0 Å². The SMILES string of the molecule is NC(=O)c1ccc2cncc(-c3ccc(OCCOCCO)cc3)c2n1. The van der Waals surface area contributed by atoms with E-state index in [-0.39, 0.29) is 12.3 Å². The second kappa shape index (κ2) is 8.37. The van der Waals surface area contributed by atoms with Crippen LogP contribution < -0.4 is 10.5 Å². The molecule has 0 fully saturated rings. The van der Waals surface area contributed by atoms with Crippen LogP contribution >= 0.6 is 0 Å². The van der Waals surface area contributed by atoms with Crippen molar-refractivity contribution in [3.05, 3.63) is 54.5 Å². The molecule has 0 saturated carbocycles. The molecular weight excluding hydrogens is 334 g/mol. The number of amides is 1. The minimum absolute atomic E-state index is 0.000727. The fourth-order valence-electron chi connectivity index (χ4n) is 2.51. The van der Waals surface area contributed by atoms with Crippen molar-refractivity contribution in [2.24, 2.45) is 5.73 Å². The lowest BCUT2D eigenvalue weighted by Crippen LogP contribution is -2.12. The molecule has 0 aliphatic carbocycles. The Morgan fingerprint density at radius 3 is 2.58 bits per heavy atom. The highest BCUT2D eigenvalue weighted by Crippen LogP contribution is 2.28. The molecule has 1 amide bonds. The Hall–Kier alpha value is -3.03. The first kappa shape index (κ1) is 17.8. The number of ether oxygens (including phenoxy) is 2. The smallest absolute Gasteiger partial charge is 0.267 e. The number of carbonyl (C=O) groups excluding carboxylic acids is 1. The van der Waals surface area contributed by atoms with Crippen LogP contribution in [0.5, 0.6) is 5.75 Å². The number of primary amides is 1. The second-order valence-corrected chi connectivity index (χ2v) is 5.53. The molecule has 2 aromatic heterocycles. The van der Waals surface area contributed by atoms with Crippen LogP contribution in [0, 0.1) is 0 Å². The van der Waals surface area contributed by atoms with E-state index >= 15 is 0 Å². The zero-order valence-electron chi connectivity index (χ0n) is 14.1. The van der Waals surface area contributed by atoms with Crippen molar-refractivity contribution in [1.29, 1.82) is 0 Å². The fourth-order valence-corrected chi connectivity index (χ4v) is 2.51. The summed E-state index contributed by atoms with van der Waals surface area (Å²) in [5, 5.41) is 9.47. The van der Waals surface area contributed by atoms with E-state index in [9.17, 15) is 4.79 Å². The van der Waals surface area contributed by atoms with Crippen LogP contribution in [-0.2, 0) is 4.74 Å². The van der Waals surface area contributed by atoms with E-state index in [1.54, 1.807) is 24.5 Å². The highest BCUT2D eigenvalue weighted by molar-refractivity contribution is 5.97. The summed E-state index contributed by atoms with van der Waals surface area (Å²) in [6.07, 6.45) is 3.40. The molecule has 26 heavy (non-hydrogen) atoms. The maximum absolute atomic E-state index is 11.4. The first-order chi connectivity index (χ1) is 12.7. The number of hydrogen-bond donors (Lipinski definition) is 2. The molecular formula is C19H19N3O4. The Morgan fingerprint density at radius 1 is 1.04 bits per heavy atom. The summed E-state index contributed by atoms with van der Waals surface area (Å²) in [4.78, 5) is 20.0. The molecule has 0 unspecified atom stereocenters. The average molecular weight is 353 g/mol. The predicted molar refractivity (Wildman–Crippen MR) is 96.9 cm³/mol. The van der Waals surface area contributed by atoms with Gasteiger partial charge < -0.3 is 20.3 Å². The number of nitrogens with zero attached hydrogens (tertiary/aromatic N) is 2. The molecule has 0 radical (unpaired) electrons. The van der Waals surface area contributed by atoms with E-state index in [0.29, 0.717) is 31.1 Å². The summed E-state index contributed by atoms with van der Waals surface area (Å²) in [5.41, 5.74) is 7.93. The van der Waals surface area contributed by atoms with Crippen LogP contribution in [0.4, 0.5) is 0 Å². The molecule has 0 saturated heterocycles. The zero-order valence-corrected chi connectivity index (χ0v) is 14.1. The van der Waals surface area contributed by atoms with Crippen molar-refractivity contribution >= 4 is 16.8 Å². The number of pyridine rings is 2. The van der Waals surface area contributed by atoms with Crippen molar-refractivity contribution in [2.45, 2.75) is 0 Å². The predicted octanol–water partition coefficient (Wildman–Crippen LogP) is 1.78. The lowest BCUT2D eigenvalue weighted by Gasteiger charge is -2.09. The van der Waals surface area contributed by atoms with E-state index in [0.717, 1.165) is 16.5 Å². The molecule has 0 spiro atoms. The fraction of sp³-hybridized carbons (Fsp3) is 0.211. The molecule has 3 N–H and O–H groups in total. The number of rotatable bonds is 8.